The first-order valence-electron chi connectivity index (χ1n) is 2.88. The summed E-state index contributed by atoms with van der Waals surface area (Å²) in [4.78, 5) is 0. The largest absolute Gasteiger partial charge is 0.508 e. The highest BCUT2D eigenvalue weighted by atomic mass is 31.1. The lowest BCUT2D eigenvalue weighted by molar-refractivity contribution is 0.350. The summed E-state index contributed by atoms with van der Waals surface area (Å²) < 4.78 is 15.4. The van der Waals surface area contributed by atoms with Crippen molar-refractivity contribution in [3.63, 3.8) is 0 Å². The van der Waals surface area contributed by atoms with Gasteiger partial charge in [-0.1, -0.05) is 6.92 Å². The Morgan fingerprint density at radius 2 is 2.12 bits per heavy atom. The van der Waals surface area contributed by atoms with Gasteiger partial charge >= 0.3 is 8.03 Å². The Bertz CT molecular complexity index is 64.8. The van der Waals surface area contributed by atoms with Crippen LogP contribution in [-0.2, 0) is 9.09 Å². The molecule has 0 aromatic carbocycles. The molecule has 0 aromatic heterocycles. The highest BCUT2D eigenvalue weighted by Crippen LogP contribution is 2.21. The van der Waals surface area contributed by atoms with E-state index in [2.05, 4.69) is 0 Å². The van der Waals surface area contributed by atoms with Gasteiger partial charge in [-0.3, -0.25) is 0 Å². The average molecular weight is 135 g/mol. The molecule has 8 heavy (non-hydrogen) atoms. The van der Waals surface area contributed by atoms with Crippen molar-refractivity contribution in [1.29, 1.82) is 0 Å². The predicted molar refractivity (Wildman–Crippen MR) is 34.4 cm³/mol. The Kier molecular flexibility index (Phi) is 5.24. The van der Waals surface area contributed by atoms with Crippen LogP contribution in [-0.4, -0.2) is 12.8 Å². The molecule has 1 atom stereocenters. The minimum absolute atomic E-state index is 0.565. The van der Waals surface area contributed by atoms with Gasteiger partial charge in [0.05, 0.1) is 6.61 Å². The van der Waals surface area contributed by atoms with E-state index in [-0.39, 0.29) is 0 Å². The second-order valence-electron chi connectivity index (χ2n) is 1.47. The number of hydrogen-bond donors (Lipinski definition) is 0. The van der Waals surface area contributed by atoms with Gasteiger partial charge in [0.1, 0.15) is 0 Å². The second kappa shape index (κ2) is 5.20. The van der Waals surface area contributed by atoms with E-state index in [4.69, 9.17) is 4.52 Å². The Balaban J connectivity index is 3.06. The van der Waals surface area contributed by atoms with Crippen LogP contribution in [0.3, 0.4) is 0 Å². The molecule has 0 N–H and O–H groups in total. The van der Waals surface area contributed by atoms with Crippen molar-refractivity contribution in [3.05, 3.63) is 0 Å². The quantitative estimate of drug-likeness (QED) is 0.552. The fourth-order valence-corrected chi connectivity index (χ4v) is 1.17. The molecule has 0 amide bonds. The Morgan fingerprint density at radius 3 is 2.50 bits per heavy atom. The standard InChI is InChI=1S/C5H12O2P/c1-3-5-8(6)7-4-2/h3-5H2,1-2H3/q+1. The molecule has 0 heterocycles. The van der Waals surface area contributed by atoms with Crippen molar-refractivity contribution < 1.29 is 9.09 Å². The Labute approximate surface area is 51.1 Å². The first kappa shape index (κ1) is 8.06. The summed E-state index contributed by atoms with van der Waals surface area (Å²) in [6.45, 7) is 4.41. The van der Waals surface area contributed by atoms with E-state index in [0.29, 0.717) is 12.8 Å². The van der Waals surface area contributed by atoms with E-state index in [1.54, 1.807) is 0 Å². The van der Waals surface area contributed by atoms with Crippen molar-refractivity contribution >= 4 is 8.03 Å². The maximum Gasteiger partial charge on any atom is 0.508 e. The van der Waals surface area contributed by atoms with E-state index < -0.39 is 8.03 Å². The van der Waals surface area contributed by atoms with Gasteiger partial charge in [-0.2, -0.15) is 0 Å². The van der Waals surface area contributed by atoms with Gasteiger partial charge in [-0.05, 0) is 17.9 Å². The minimum Gasteiger partial charge on any atom is -0.147 e. The summed E-state index contributed by atoms with van der Waals surface area (Å²) in [6.07, 6.45) is 1.64. The summed E-state index contributed by atoms with van der Waals surface area (Å²) in [5.74, 6) is 0. The molecular formula is C5H12O2P+. The van der Waals surface area contributed by atoms with Gasteiger partial charge < -0.3 is 0 Å². The molecule has 0 bridgehead atoms. The van der Waals surface area contributed by atoms with Crippen LogP contribution in [0.25, 0.3) is 0 Å². The lowest BCUT2D eigenvalue weighted by atomic mass is 10.6. The zero-order valence-electron chi connectivity index (χ0n) is 5.39. The van der Waals surface area contributed by atoms with Crippen LogP contribution in [0.4, 0.5) is 0 Å². The monoisotopic (exact) mass is 135 g/mol. The van der Waals surface area contributed by atoms with Crippen LogP contribution in [0.15, 0.2) is 0 Å². The van der Waals surface area contributed by atoms with Crippen molar-refractivity contribution in [2.24, 2.45) is 0 Å². The Hall–Kier alpha value is 0.0600. The maximum absolute atomic E-state index is 10.6. The van der Waals surface area contributed by atoms with Crippen molar-refractivity contribution in [2.75, 3.05) is 12.8 Å². The molecule has 0 aliphatic rings. The van der Waals surface area contributed by atoms with Gasteiger partial charge in [-0.15, -0.1) is 4.52 Å². The number of hydrogen-bond acceptors (Lipinski definition) is 2. The molecule has 0 aliphatic heterocycles. The first-order valence-corrected chi connectivity index (χ1v) is 4.25. The third-order valence-electron chi connectivity index (χ3n) is 0.679. The first-order chi connectivity index (χ1) is 3.81. The lowest BCUT2D eigenvalue weighted by Gasteiger charge is -1.79. The van der Waals surface area contributed by atoms with E-state index in [0.717, 1.165) is 6.42 Å². The van der Waals surface area contributed by atoms with Gasteiger partial charge in [0.2, 0.25) is 0 Å². The SMILES string of the molecule is CCC[P+](=O)OCC. The molecule has 2 nitrogen and oxygen atoms in total. The molecule has 0 aliphatic carbocycles. The van der Waals surface area contributed by atoms with Crippen molar-refractivity contribution in [3.8, 4) is 0 Å². The summed E-state index contributed by atoms with van der Waals surface area (Å²) >= 11 is 0. The van der Waals surface area contributed by atoms with Crippen molar-refractivity contribution in [2.45, 2.75) is 20.3 Å². The van der Waals surface area contributed by atoms with Gasteiger partial charge in [0, 0.05) is 0 Å². The summed E-state index contributed by atoms with van der Waals surface area (Å²) in [5.41, 5.74) is 0. The molecule has 48 valence electrons. The highest BCUT2D eigenvalue weighted by Gasteiger charge is 2.11. The van der Waals surface area contributed by atoms with Crippen LogP contribution >= 0.6 is 8.03 Å². The molecule has 0 saturated carbocycles. The van der Waals surface area contributed by atoms with Gasteiger partial charge in [0.15, 0.2) is 6.16 Å². The molecule has 1 unspecified atom stereocenters. The molecule has 0 saturated heterocycles. The fraction of sp³-hybridized carbons (Fsp3) is 1.00. The molecule has 0 rings (SSSR count). The van der Waals surface area contributed by atoms with Crippen LogP contribution in [0.1, 0.15) is 20.3 Å². The van der Waals surface area contributed by atoms with E-state index in [9.17, 15) is 4.57 Å². The van der Waals surface area contributed by atoms with Crippen LogP contribution < -0.4 is 0 Å². The third kappa shape index (κ3) is 4.23. The number of rotatable bonds is 4. The zero-order chi connectivity index (χ0) is 6.41. The highest BCUT2D eigenvalue weighted by molar-refractivity contribution is 7.39. The van der Waals surface area contributed by atoms with Gasteiger partial charge in [0.25, 0.3) is 0 Å². The minimum atomic E-state index is -1.33. The predicted octanol–water partition coefficient (Wildman–Crippen LogP) is 2.18. The topological polar surface area (TPSA) is 26.3 Å². The molecule has 0 fully saturated rings. The second-order valence-corrected chi connectivity index (χ2v) is 2.84. The molecular weight excluding hydrogens is 123 g/mol. The smallest absolute Gasteiger partial charge is 0.147 e. The summed E-state index contributed by atoms with van der Waals surface area (Å²) in [5, 5.41) is 0. The van der Waals surface area contributed by atoms with E-state index in [1.165, 1.54) is 0 Å². The average Bonchev–Trinajstić information content (AvgIpc) is 1.68. The van der Waals surface area contributed by atoms with E-state index >= 15 is 0 Å². The van der Waals surface area contributed by atoms with Crippen LogP contribution in [0.2, 0.25) is 0 Å². The fourth-order valence-electron chi connectivity index (χ4n) is 0.391. The van der Waals surface area contributed by atoms with Crippen LogP contribution in [0, 0.1) is 0 Å². The normalized spacial score (nSPS) is 11.5. The Morgan fingerprint density at radius 1 is 1.50 bits per heavy atom. The molecule has 0 aromatic rings. The zero-order valence-corrected chi connectivity index (χ0v) is 6.28. The van der Waals surface area contributed by atoms with E-state index in [1.807, 2.05) is 13.8 Å². The summed E-state index contributed by atoms with van der Waals surface area (Å²) in [7, 11) is -1.33. The lowest BCUT2D eigenvalue weighted by Crippen LogP contribution is -1.80. The van der Waals surface area contributed by atoms with Crippen LogP contribution in [0.5, 0.6) is 0 Å². The van der Waals surface area contributed by atoms with Gasteiger partial charge in [-0.25, -0.2) is 0 Å². The maximum atomic E-state index is 10.6. The molecule has 0 radical (unpaired) electrons. The third-order valence-corrected chi connectivity index (χ3v) is 2.04. The van der Waals surface area contributed by atoms with Crippen molar-refractivity contribution in [1.82, 2.24) is 0 Å². The molecule has 3 heteroatoms. The summed E-state index contributed by atoms with van der Waals surface area (Å²) in [6, 6.07) is 0. The molecule has 0 spiro atoms.